The lowest BCUT2D eigenvalue weighted by Gasteiger charge is -2.11. The van der Waals surface area contributed by atoms with Crippen LogP contribution in [0.4, 0.5) is 0 Å². The monoisotopic (exact) mass is 309 g/mol. The molecule has 0 aliphatic heterocycles. The van der Waals surface area contributed by atoms with Gasteiger partial charge in [0.2, 0.25) is 0 Å². The zero-order valence-corrected chi connectivity index (χ0v) is 13.9. The van der Waals surface area contributed by atoms with Crippen LogP contribution in [0.2, 0.25) is 0 Å². The second-order valence-corrected chi connectivity index (χ2v) is 6.00. The van der Waals surface area contributed by atoms with Gasteiger partial charge in [-0.3, -0.25) is 4.40 Å². The highest BCUT2D eigenvalue weighted by Crippen LogP contribution is 2.28. The third kappa shape index (κ3) is 3.08. The summed E-state index contributed by atoms with van der Waals surface area (Å²) in [5.41, 5.74) is 11.2. The Morgan fingerprint density at radius 1 is 1.13 bits per heavy atom. The van der Waals surface area contributed by atoms with Gasteiger partial charge in [-0.05, 0) is 63.7 Å². The number of imidazole rings is 1. The highest BCUT2D eigenvalue weighted by atomic mass is 16.5. The molecule has 4 heteroatoms. The van der Waals surface area contributed by atoms with Crippen LogP contribution >= 0.6 is 0 Å². The molecular weight excluding hydrogens is 286 g/mol. The molecule has 0 radical (unpaired) electrons. The molecule has 2 heterocycles. The molecule has 0 unspecified atom stereocenters. The van der Waals surface area contributed by atoms with Crippen molar-refractivity contribution in [2.24, 2.45) is 5.73 Å². The highest BCUT2D eigenvalue weighted by Gasteiger charge is 2.15. The Morgan fingerprint density at radius 3 is 2.52 bits per heavy atom. The number of aryl methyl sites for hydroxylation is 1. The highest BCUT2D eigenvalue weighted by molar-refractivity contribution is 5.68. The second-order valence-electron chi connectivity index (χ2n) is 6.00. The number of nitrogens with zero attached hydrogens (tertiary/aromatic N) is 2. The summed E-state index contributed by atoms with van der Waals surface area (Å²) in [6, 6.07) is 14.4. The maximum absolute atomic E-state index is 5.78. The molecule has 0 saturated heterocycles. The zero-order valence-electron chi connectivity index (χ0n) is 13.9. The van der Waals surface area contributed by atoms with Gasteiger partial charge >= 0.3 is 0 Å². The molecule has 0 aliphatic carbocycles. The Hall–Kier alpha value is -2.33. The van der Waals surface area contributed by atoms with E-state index in [1.807, 2.05) is 38.1 Å². The van der Waals surface area contributed by atoms with Crippen LogP contribution in [0.5, 0.6) is 5.75 Å². The van der Waals surface area contributed by atoms with Gasteiger partial charge in [-0.2, -0.15) is 0 Å². The number of ether oxygens (including phenoxy) is 1. The molecule has 4 nitrogen and oxygen atoms in total. The standard InChI is InChI=1S/C19H23N3O/c1-13(2)23-16-9-7-15(8-10-16)19-17(11-12-20)21-18-6-4-5-14(3)22(18)19/h4-10,13H,11-12,20H2,1-3H3. The molecule has 0 amide bonds. The molecule has 120 valence electrons. The van der Waals surface area contributed by atoms with Crippen molar-refractivity contribution >= 4 is 5.65 Å². The Morgan fingerprint density at radius 2 is 1.87 bits per heavy atom. The van der Waals surface area contributed by atoms with E-state index >= 15 is 0 Å². The summed E-state index contributed by atoms with van der Waals surface area (Å²) in [5.74, 6) is 0.884. The number of benzene rings is 1. The normalized spacial score (nSPS) is 11.3. The van der Waals surface area contributed by atoms with Crippen LogP contribution in [-0.2, 0) is 6.42 Å². The van der Waals surface area contributed by atoms with Crippen molar-refractivity contribution < 1.29 is 4.74 Å². The molecule has 3 aromatic rings. The average molecular weight is 309 g/mol. The topological polar surface area (TPSA) is 52.5 Å². The average Bonchev–Trinajstić information content (AvgIpc) is 2.87. The van der Waals surface area contributed by atoms with Gasteiger partial charge in [-0.25, -0.2) is 4.98 Å². The van der Waals surface area contributed by atoms with Crippen molar-refractivity contribution in [2.75, 3.05) is 6.54 Å². The molecule has 1 aromatic carbocycles. The van der Waals surface area contributed by atoms with E-state index in [0.29, 0.717) is 6.54 Å². The lowest BCUT2D eigenvalue weighted by Crippen LogP contribution is -2.06. The summed E-state index contributed by atoms with van der Waals surface area (Å²) in [5, 5.41) is 0. The molecule has 0 saturated carbocycles. The fourth-order valence-electron chi connectivity index (χ4n) is 2.87. The van der Waals surface area contributed by atoms with Gasteiger partial charge in [0, 0.05) is 17.7 Å². The first-order valence-corrected chi connectivity index (χ1v) is 8.04. The van der Waals surface area contributed by atoms with Crippen molar-refractivity contribution in [3.8, 4) is 17.0 Å². The Labute approximate surface area is 136 Å². The van der Waals surface area contributed by atoms with Crippen LogP contribution in [-0.4, -0.2) is 22.0 Å². The summed E-state index contributed by atoms with van der Waals surface area (Å²) in [7, 11) is 0. The number of pyridine rings is 1. The number of fused-ring (bicyclic) bond motifs is 1. The summed E-state index contributed by atoms with van der Waals surface area (Å²) in [6.07, 6.45) is 0.937. The fraction of sp³-hybridized carbons (Fsp3) is 0.316. The van der Waals surface area contributed by atoms with E-state index in [1.54, 1.807) is 0 Å². The zero-order chi connectivity index (χ0) is 16.4. The van der Waals surface area contributed by atoms with E-state index < -0.39 is 0 Å². The third-order valence-electron chi connectivity index (χ3n) is 3.79. The van der Waals surface area contributed by atoms with Crippen LogP contribution < -0.4 is 10.5 Å². The minimum atomic E-state index is 0.173. The van der Waals surface area contributed by atoms with Crippen LogP contribution in [0.1, 0.15) is 25.2 Å². The van der Waals surface area contributed by atoms with Gasteiger partial charge in [-0.15, -0.1) is 0 Å². The van der Waals surface area contributed by atoms with E-state index in [1.165, 1.54) is 0 Å². The van der Waals surface area contributed by atoms with Crippen LogP contribution in [0, 0.1) is 6.92 Å². The maximum atomic E-state index is 5.78. The number of hydrogen-bond acceptors (Lipinski definition) is 3. The van der Waals surface area contributed by atoms with Crippen LogP contribution in [0.3, 0.4) is 0 Å². The Bertz CT molecular complexity index is 803. The molecule has 0 fully saturated rings. The van der Waals surface area contributed by atoms with E-state index in [2.05, 4.69) is 29.5 Å². The van der Waals surface area contributed by atoms with E-state index in [4.69, 9.17) is 15.5 Å². The van der Waals surface area contributed by atoms with E-state index in [-0.39, 0.29) is 6.10 Å². The predicted octanol–water partition coefficient (Wildman–Crippen LogP) is 3.60. The third-order valence-corrected chi connectivity index (χ3v) is 3.79. The van der Waals surface area contributed by atoms with Crippen molar-refractivity contribution in [1.29, 1.82) is 0 Å². The van der Waals surface area contributed by atoms with Crippen LogP contribution in [0.15, 0.2) is 42.5 Å². The largest absolute Gasteiger partial charge is 0.491 e. The van der Waals surface area contributed by atoms with Crippen molar-refractivity contribution in [1.82, 2.24) is 9.38 Å². The smallest absolute Gasteiger partial charge is 0.137 e. The predicted molar refractivity (Wildman–Crippen MR) is 93.9 cm³/mol. The van der Waals surface area contributed by atoms with Crippen LogP contribution in [0.25, 0.3) is 16.9 Å². The number of hydrogen-bond donors (Lipinski definition) is 1. The first kappa shape index (κ1) is 15.6. The lowest BCUT2D eigenvalue weighted by atomic mass is 10.1. The molecule has 2 aromatic heterocycles. The molecule has 23 heavy (non-hydrogen) atoms. The van der Waals surface area contributed by atoms with Gasteiger partial charge in [0.1, 0.15) is 11.4 Å². The first-order valence-electron chi connectivity index (χ1n) is 8.04. The molecule has 2 N–H and O–H groups in total. The van der Waals surface area contributed by atoms with Gasteiger partial charge in [0.25, 0.3) is 0 Å². The molecule has 3 rings (SSSR count). The lowest BCUT2D eigenvalue weighted by molar-refractivity contribution is 0.242. The van der Waals surface area contributed by atoms with Crippen molar-refractivity contribution in [3.63, 3.8) is 0 Å². The number of rotatable bonds is 5. The Balaban J connectivity index is 2.12. The minimum Gasteiger partial charge on any atom is -0.491 e. The second kappa shape index (κ2) is 6.42. The summed E-state index contributed by atoms with van der Waals surface area (Å²) in [4.78, 5) is 4.76. The molecule has 0 atom stereocenters. The molecule has 0 aliphatic rings. The van der Waals surface area contributed by atoms with Gasteiger partial charge in [-0.1, -0.05) is 6.07 Å². The maximum Gasteiger partial charge on any atom is 0.137 e. The van der Waals surface area contributed by atoms with Gasteiger partial charge < -0.3 is 10.5 Å². The van der Waals surface area contributed by atoms with E-state index in [9.17, 15) is 0 Å². The summed E-state index contributed by atoms with van der Waals surface area (Å²) in [6.45, 7) is 6.74. The van der Waals surface area contributed by atoms with Crippen molar-refractivity contribution in [3.05, 3.63) is 53.9 Å². The first-order chi connectivity index (χ1) is 11.1. The van der Waals surface area contributed by atoms with Gasteiger partial charge in [0.15, 0.2) is 0 Å². The quantitative estimate of drug-likeness (QED) is 0.783. The van der Waals surface area contributed by atoms with Gasteiger partial charge in [0.05, 0.1) is 17.5 Å². The van der Waals surface area contributed by atoms with E-state index in [0.717, 1.165) is 40.5 Å². The molecular formula is C19H23N3O. The number of nitrogens with two attached hydrogens (primary N) is 1. The molecule has 0 bridgehead atoms. The van der Waals surface area contributed by atoms with Crippen molar-refractivity contribution in [2.45, 2.75) is 33.3 Å². The molecule has 0 spiro atoms. The Kier molecular flexibility index (Phi) is 4.35. The minimum absolute atomic E-state index is 0.173. The number of aromatic nitrogens is 2. The summed E-state index contributed by atoms with van der Waals surface area (Å²) >= 11 is 0. The SMILES string of the molecule is Cc1cccc2nc(CCN)c(-c3ccc(OC(C)C)cc3)n12. The fourth-order valence-corrected chi connectivity index (χ4v) is 2.87. The summed E-state index contributed by atoms with van der Waals surface area (Å²) < 4.78 is 7.93.